The van der Waals surface area contributed by atoms with E-state index in [4.69, 9.17) is 0 Å². The smallest absolute Gasteiger partial charge is 0.267 e. The van der Waals surface area contributed by atoms with E-state index in [1.807, 2.05) is 0 Å². The van der Waals surface area contributed by atoms with Gasteiger partial charge >= 0.3 is 0 Å². The number of carbonyl (C=O) groups is 1. The first-order chi connectivity index (χ1) is 10.8. The van der Waals surface area contributed by atoms with Gasteiger partial charge in [-0.25, -0.2) is 21.6 Å². The van der Waals surface area contributed by atoms with Crippen molar-refractivity contribution < 1.29 is 26.4 Å². The van der Waals surface area contributed by atoms with E-state index in [1.165, 1.54) is 12.1 Å². The van der Waals surface area contributed by atoms with Crippen LogP contribution in [0.25, 0.3) is 0 Å². The van der Waals surface area contributed by atoms with Gasteiger partial charge in [-0.1, -0.05) is 34.1 Å². The monoisotopic (exact) mass is 407 g/mol. The Bertz CT molecular complexity index is 838. The molecule has 1 unspecified atom stereocenters. The van der Waals surface area contributed by atoms with Crippen LogP contribution < -0.4 is 4.72 Å². The molecule has 0 spiro atoms. The first-order valence-electron chi connectivity index (χ1n) is 6.12. The van der Waals surface area contributed by atoms with Crippen molar-refractivity contribution in [1.82, 2.24) is 0 Å². The number of anilines is 1. The van der Waals surface area contributed by atoms with Crippen LogP contribution in [0.2, 0.25) is 0 Å². The maximum absolute atomic E-state index is 14.3. The highest BCUT2D eigenvalue weighted by atomic mass is 79.9. The molecule has 122 valence electrons. The minimum absolute atomic E-state index is 0.116. The summed E-state index contributed by atoms with van der Waals surface area (Å²) in [6.45, 7) is 0. The van der Waals surface area contributed by atoms with Gasteiger partial charge in [0.05, 0.1) is 10.5 Å². The van der Waals surface area contributed by atoms with E-state index < -0.39 is 42.9 Å². The molecule has 0 fully saturated rings. The number of alkyl halides is 1. The zero-order valence-corrected chi connectivity index (χ0v) is 13.7. The number of aldehydes is 1. The highest BCUT2D eigenvalue weighted by Crippen LogP contribution is 2.29. The molecule has 0 amide bonds. The SMILES string of the molecule is O=CC(Br)c1cccc(NS(=O)(=O)c2c(F)cccc2F)c1F. The summed E-state index contributed by atoms with van der Waals surface area (Å²) in [6.07, 6.45) is 0.410. The summed E-state index contributed by atoms with van der Waals surface area (Å²) in [6, 6.07) is 6.18. The average Bonchev–Trinajstić information content (AvgIpc) is 2.48. The molecule has 2 aromatic carbocycles. The largest absolute Gasteiger partial charge is 0.302 e. The first kappa shape index (κ1) is 17.5. The van der Waals surface area contributed by atoms with Gasteiger partial charge in [0, 0.05) is 5.56 Å². The van der Waals surface area contributed by atoms with Gasteiger partial charge in [0.15, 0.2) is 10.7 Å². The van der Waals surface area contributed by atoms with Gasteiger partial charge in [0.2, 0.25) is 0 Å². The van der Waals surface area contributed by atoms with E-state index in [1.54, 1.807) is 4.72 Å². The number of carbonyl (C=O) groups excluding carboxylic acids is 1. The van der Waals surface area contributed by atoms with Gasteiger partial charge in [-0.2, -0.15) is 0 Å². The van der Waals surface area contributed by atoms with Gasteiger partial charge in [0.1, 0.15) is 17.9 Å². The summed E-state index contributed by atoms with van der Waals surface area (Å²) in [5, 5.41) is 0. The average molecular weight is 408 g/mol. The predicted molar refractivity (Wildman–Crippen MR) is 81.3 cm³/mol. The maximum atomic E-state index is 14.3. The maximum Gasteiger partial charge on any atom is 0.267 e. The van der Waals surface area contributed by atoms with Crippen LogP contribution in [0.5, 0.6) is 0 Å². The summed E-state index contributed by atoms with van der Waals surface area (Å²) in [5.74, 6) is -3.64. The first-order valence-corrected chi connectivity index (χ1v) is 8.52. The van der Waals surface area contributed by atoms with Crippen molar-refractivity contribution in [3.63, 3.8) is 0 Å². The molecule has 0 aliphatic rings. The fourth-order valence-electron chi connectivity index (χ4n) is 1.85. The number of nitrogens with one attached hydrogen (secondary N) is 1. The zero-order valence-electron chi connectivity index (χ0n) is 11.3. The number of sulfonamides is 1. The standard InChI is InChI=1S/C14H9BrF3NO3S/c15-9(7-20)8-3-1-6-12(13(8)18)19-23(21,22)14-10(16)4-2-5-11(14)17/h1-7,9,19H. The van der Waals surface area contributed by atoms with Gasteiger partial charge in [0.25, 0.3) is 10.0 Å². The lowest BCUT2D eigenvalue weighted by Gasteiger charge is -2.13. The molecule has 1 N–H and O–H groups in total. The van der Waals surface area contributed by atoms with E-state index in [0.29, 0.717) is 6.29 Å². The third-order valence-corrected chi connectivity index (χ3v) is 5.00. The molecule has 2 aromatic rings. The topological polar surface area (TPSA) is 63.2 Å². The van der Waals surface area contributed by atoms with Crippen molar-refractivity contribution in [2.24, 2.45) is 0 Å². The van der Waals surface area contributed by atoms with Crippen LogP contribution in [-0.2, 0) is 14.8 Å². The third-order valence-electron chi connectivity index (χ3n) is 2.88. The van der Waals surface area contributed by atoms with E-state index in [2.05, 4.69) is 15.9 Å². The normalized spacial score (nSPS) is 12.7. The molecule has 1 atom stereocenters. The summed E-state index contributed by atoms with van der Waals surface area (Å²) in [5.41, 5.74) is -0.648. The molecule has 4 nitrogen and oxygen atoms in total. The van der Waals surface area contributed by atoms with Crippen LogP contribution in [-0.4, -0.2) is 14.7 Å². The molecule has 23 heavy (non-hydrogen) atoms. The van der Waals surface area contributed by atoms with E-state index in [9.17, 15) is 26.4 Å². The molecule has 0 aromatic heterocycles. The van der Waals surface area contributed by atoms with E-state index in [-0.39, 0.29) is 5.56 Å². The molecule has 0 aliphatic heterocycles. The predicted octanol–water partition coefficient (Wildman–Crippen LogP) is 3.54. The fourth-order valence-corrected chi connectivity index (χ4v) is 3.40. The van der Waals surface area contributed by atoms with Crippen LogP contribution in [0.4, 0.5) is 18.9 Å². The Balaban J connectivity index is 2.49. The quantitative estimate of drug-likeness (QED) is 0.608. The number of benzene rings is 2. The highest BCUT2D eigenvalue weighted by Gasteiger charge is 2.26. The van der Waals surface area contributed by atoms with Gasteiger partial charge in [-0.15, -0.1) is 0 Å². The lowest BCUT2D eigenvalue weighted by molar-refractivity contribution is -0.107. The highest BCUT2D eigenvalue weighted by molar-refractivity contribution is 9.09. The lowest BCUT2D eigenvalue weighted by Crippen LogP contribution is -2.17. The Hall–Kier alpha value is -1.87. The van der Waals surface area contributed by atoms with Crippen LogP contribution in [0, 0.1) is 17.5 Å². The summed E-state index contributed by atoms with van der Waals surface area (Å²) < 4.78 is 67.5. The second-order valence-electron chi connectivity index (χ2n) is 4.40. The van der Waals surface area contributed by atoms with Crippen LogP contribution in [0.3, 0.4) is 0 Å². The van der Waals surface area contributed by atoms with Crippen molar-refractivity contribution in [1.29, 1.82) is 0 Å². The van der Waals surface area contributed by atoms with Crippen molar-refractivity contribution >= 4 is 37.9 Å². The molecule has 0 radical (unpaired) electrons. The van der Waals surface area contributed by atoms with Crippen molar-refractivity contribution in [3.05, 3.63) is 59.4 Å². The number of hydrogen-bond acceptors (Lipinski definition) is 3. The minimum Gasteiger partial charge on any atom is -0.302 e. The molecule has 0 aliphatic carbocycles. The zero-order chi connectivity index (χ0) is 17.2. The molecule has 0 heterocycles. The second-order valence-corrected chi connectivity index (χ2v) is 7.01. The van der Waals surface area contributed by atoms with Crippen LogP contribution >= 0.6 is 15.9 Å². The van der Waals surface area contributed by atoms with Crippen LogP contribution in [0.1, 0.15) is 10.4 Å². The van der Waals surface area contributed by atoms with Gasteiger partial charge < -0.3 is 4.79 Å². The van der Waals surface area contributed by atoms with Gasteiger partial charge in [-0.3, -0.25) is 4.72 Å². The fraction of sp³-hybridized carbons (Fsp3) is 0.0714. The molecule has 2 rings (SSSR count). The van der Waals surface area contributed by atoms with Crippen LogP contribution in [0.15, 0.2) is 41.3 Å². The Morgan fingerprint density at radius 2 is 1.61 bits per heavy atom. The number of halogens is 4. The summed E-state index contributed by atoms with van der Waals surface area (Å²) in [7, 11) is -4.69. The minimum atomic E-state index is -4.69. The van der Waals surface area contributed by atoms with Gasteiger partial charge in [-0.05, 0) is 18.2 Å². The summed E-state index contributed by atoms with van der Waals surface area (Å²) >= 11 is 2.91. The molecule has 0 bridgehead atoms. The second kappa shape index (κ2) is 6.71. The molecule has 0 saturated carbocycles. The third kappa shape index (κ3) is 3.56. The Morgan fingerprint density at radius 1 is 1.04 bits per heavy atom. The van der Waals surface area contributed by atoms with Crippen molar-refractivity contribution in [2.45, 2.75) is 9.72 Å². The number of rotatable bonds is 5. The number of hydrogen-bond donors (Lipinski definition) is 1. The molecule has 9 heteroatoms. The van der Waals surface area contributed by atoms with E-state index >= 15 is 0 Å². The Kier molecular flexibility index (Phi) is 5.10. The molecule has 0 saturated heterocycles. The van der Waals surface area contributed by atoms with Crippen molar-refractivity contribution in [2.75, 3.05) is 4.72 Å². The Morgan fingerprint density at radius 3 is 2.17 bits per heavy atom. The summed E-state index contributed by atoms with van der Waals surface area (Å²) in [4.78, 5) is 8.51. The van der Waals surface area contributed by atoms with E-state index in [0.717, 1.165) is 24.3 Å². The molecular formula is C14H9BrF3NO3S. The van der Waals surface area contributed by atoms with Crippen molar-refractivity contribution in [3.8, 4) is 0 Å². The molecular weight excluding hydrogens is 399 g/mol. The lowest BCUT2D eigenvalue weighted by atomic mass is 10.1. The Labute approximate surface area is 138 Å².